The third kappa shape index (κ3) is 3.17. The summed E-state index contributed by atoms with van der Waals surface area (Å²) < 4.78 is 9.97. The van der Waals surface area contributed by atoms with Gasteiger partial charge in [-0.3, -0.25) is 0 Å². The number of carbonyl (C=O) groups excluding carboxylic acids is 1. The van der Waals surface area contributed by atoms with Crippen LogP contribution in [0.5, 0.6) is 0 Å². The minimum atomic E-state index is -0.443. The van der Waals surface area contributed by atoms with Crippen LogP contribution in [0.2, 0.25) is 0 Å². The molecular weight excluding hydrogens is 248 g/mol. The second-order valence-corrected chi connectivity index (χ2v) is 4.91. The highest BCUT2D eigenvalue weighted by Crippen LogP contribution is 2.24. The van der Waals surface area contributed by atoms with Crippen molar-refractivity contribution in [2.45, 2.75) is 17.6 Å². The molecule has 0 saturated carbocycles. The largest absolute Gasteiger partial charge is 0.463 e. The van der Waals surface area contributed by atoms with Crippen molar-refractivity contribution in [1.82, 2.24) is 0 Å². The Labute approximate surface area is 110 Å². The van der Waals surface area contributed by atoms with Gasteiger partial charge in [0.05, 0.1) is 12.9 Å². The van der Waals surface area contributed by atoms with E-state index in [4.69, 9.17) is 4.42 Å². The molecule has 0 bridgehead atoms. The molecule has 18 heavy (non-hydrogen) atoms. The molecule has 2 rings (SSSR count). The van der Waals surface area contributed by atoms with E-state index in [2.05, 4.69) is 35.9 Å². The standard InChI is InChI=1S/C14H14O3S/c1-10-3-6-12(7-4-10)18-9-11-5-8-13(17-11)14(15)16-2/h3-8H,9H2,1-2H3. The maximum atomic E-state index is 11.2. The first-order chi connectivity index (χ1) is 8.69. The van der Waals surface area contributed by atoms with Crippen molar-refractivity contribution in [3.8, 4) is 0 Å². The number of ether oxygens (including phenoxy) is 1. The van der Waals surface area contributed by atoms with Crippen LogP contribution in [0.3, 0.4) is 0 Å². The maximum Gasteiger partial charge on any atom is 0.373 e. The molecule has 4 heteroatoms. The summed E-state index contributed by atoms with van der Waals surface area (Å²) in [4.78, 5) is 12.4. The van der Waals surface area contributed by atoms with Crippen LogP contribution in [-0.2, 0) is 10.5 Å². The molecule has 0 atom stereocenters. The first-order valence-corrected chi connectivity index (χ1v) is 6.54. The van der Waals surface area contributed by atoms with E-state index in [0.29, 0.717) is 5.75 Å². The number of rotatable bonds is 4. The Balaban J connectivity index is 1.96. The summed E-state index contributed by atoms with van der Waals surface area (Å²) in [5.74, 6) is 1.26. The highest BCUT2D eigenvalue weighted by atomic mass is 32.2. The average molecular weight is 262 g/mol. The SMILES string of the molecule is COC(=O)c1ccc(CSc2ccc(C)cc2)o1. The molecule has 0 aliphatic heterocycles. The Hall–Kier alpha value is -1.68. The molecule has 0 spiro atoms. The molecule has 3 nitrogen and oxygen atoms in total. The molecule has 0 unspecified atom stereocenters. The number of esters is 1. The topological polar surface area (TPSA) is 39.4 Å². The highest BCUT2D eigenvalue weighted by molar-refractivity contribution is 7.98. The summed E-state index contributed by atoms with van der Waals surface area (Å²) in [7, 11) is 1.34. The second-order valence-electron chi connectivity index (χ2n) is 3.86. The number of furan rings is 1. The Morgan fingerprint density at radius 3 is 2.61 bits per heavy atom. The fraction of sp³-hybridized carbons (Fsp3) is 0.214. The van der Waals surface area contributed by atoms with Crippen LogP contribution in [0.15, 0.2) is 45.7 Å². The van der Waals surface area contributed by atoms with Gasteiger partial charge < -0.3 is 9.15 Å². The number of methoxy groups -OCH3 is 1. The lowest BCUT2D eigenvalue weighted by molar-refractivity contribution is 0.0563. The van der Waals surface area contributed by atoms with Crippen LogP contribution >= 0.6 is 11.8 Å². The summed E-state index contributed by atoms with van der Waals surface area (Å²) in [6.45, 7) is 2.06. The predicted octanol–water partition coefficient (Wildman–Crippen LogP) is 3.67. The number of thioether (sulfide) groups is 1. The molecule has 2 aromatic rings. The van der Waals surface area contributed by atoms with Gasteiger partial charge in [-0.25, -0.2) is 4.79 Å². The van der Waals surface area contributed by atoms with Gasteiger partial charge in [-0.15, -0.1) is 11.8 Å². The van der Waals surface area contributed by atoms with Crippen molar-refractivity contribution in [2.75, 3.05) is 7.11 Å². The van der Waals surface area contributed by atoms with Crippen LogP contribution in [0.4, 0.5) is 0 Å². The van der Waals surface area contributed by atoms with Gasteiger partial charge in [-0.1, -0.05) is 17.7 Å². The Bertz CT molecular complexity index is 528. The number of carbonyl (C=O) groups is 1. The third-order valence-electron chi connectivity index (χ3n) is 2.45. The highest BCUT2D eigenvalue weighted by Gasteiger charge is 2.10. The molecule has 94 valence electrons. The van der Waals surface area contributed by atoms with E-state index in [9.17, 15) is 4.79 Å². The van der Waals surface area contributed by atoms with Crippen molar-refractivity contribution in [3.63, 3.8) is 0 Å². The van der Waals surface area contributed by atoms with Crippen molar-refractivity contribution >= 4 is 17.7 Å². The normalized spacial score (nSPS) is 10.3. The van der Waals surface area contributed by atoms with Gasteiger partial charge in [0.25, 0.3) is 0 Å². The molecule has 0 aliphatic rings. The molecule has 0 fully saturated rings. The quantitative estimate of drug-likeness (QED) is 0.622. The zero-order chi connectivity index (χ0) is 13.0. The van der Waals surface area contributed by atoms with Gasteiger partial charge in [0.15, 0.2) is 0 Å². The molecule has 0 N–H and O–H groups in total. The predicted molar refractivity (Wildman–Crippen MR) is 70.8 cm³/mol. The average Bonchev–Trinajstić information content (AvgIpc) is 2.86. The fourth-order valence-corrected chi connectivity index (χ4v) is 2.25. The molecule has 0 amide bonds. The van der Waals surface area contributed by atoms with E-state index in [1.54, 1.807) is 23.9 Å². The Morgan fingerprint density at radius 1 is 1.22 bits per heavy atom. The zero-order valence-corrected chi connectivity index (χ0v) is 11.1. The number of aryl methyl sites for hydroxylation is 1. The minimum absolute atomic E-state index is 0.247. The Kier molecular flexibility index (Phi) is 4.10. The zero-order valence-electron chi connectivity index (χ0n) is 10.3. The van der Waals surface area contributed by atoms with Gasteiger partial charge in [0.2, 0.25) is 5.76 Å². The summed E-state index contributed by atoms with van der Waals surface area (Å²) in [6, 6.07) is 11.7. The molecule has 0 saturated heterocycles. The smallest absolute Gasteiger partial charge is 0.373 e. The summed E-state index contributed by atoms with van der Waals surface area (Å²) >= 11 is 1.67. The summed E-state index contributed by atoms with van der Waals surface area (Å²) in [6.07, 6.45) is 0. The van der Waals surface area contributed by atoms with Crippen LogP contribution in [0.25, 0.3) is 0 Å². The van der Waals surface area contributed by atoms with Crippen molar-refractivity contribution in [3.05, 3.63) is 53.5 Å². The lowest BCUT2D eigenvalue weighted by Crippen LogP contribution is -1.98. The maximum absolute atomic E-state index is 11.2. The third-order valence-corrected chi connectivity index (χ3v) is 3.48. The van der Waals surface area contributed by atoms with Crippen molar-refractivity contribution < 1.29 is 13.9 Å². The van der Waals surface area contributed by atoms with Crippen LogP contribution in [0, 0.1) is 6.92 Å². The van der Waals surface area contributed by atoms with E-state index in [-0.39, 0.29) is 5.76 Å². The number of hydrogen-bond donors (Lipinski definition) is 0. The second kappa shape index (κ2) is 5.78. The van der Waals surface area contributed by atoms with Gasteiger partial charge in [0.1, 0.15) is 5.76 Å². The molecule has 1 aromatic heterocycles. The summed E-state index contributed by atoms with van der Waals surface area (Å²) in [5, 5.41) is 0. The fourth-order valence-electron chi connectivity index (χ4n) is 1.45. The summed E-state index contributed by atoms with van der Waals surface area (Å²) in [5.41, 5.74) is 1.24. The first-order valence-electron chi connectivity index (χ1n) is 5.55. The lowest BCUT2D eigenvalue weighted by atomic mass is 10.2. The first kappa shape index (κ1) is 12.8. The molecule has 1 aromatic carbocycles. The van der Waals surface area contributed by atoms with Gasteiger partial charge in [-0.05, 0) is 31.2 Å². The number of hydrogen-bond acceptors (Lipinski definition) is 4. The molecular formula is C14H14O3S. The van der Waals surface area contributed by atoms with Crippen molar-refractivity contribution in [2.24, 2.45) is 0 Å². The van der Waals surface area contributed by atoms with E-state index >= 15 is 0 Å². The monoisotopic (exact) mass is 262 g/mol. The Morgan fingerprint density at radius 2 is 1.94 bits per heavy atom. The van der Waals surface area contributed by atoms with Crippen LogP contribution < -0.4 is 0 Å². The van der Waals surface area contributed by atoms with Gasteiger partial charge in [0, 0.05) is 4.90 Å². The van der Waals surface area contributed by atoms with E-state index < -0.39 is 5.97 Å². The van der Waals surface area contributed by atoms with Crippen LogP contribution in [0.1, 0.15) is 21.9 Å². The number of benzene rings is 1. The van der Waals surface area contributed by atoms with E-state index in [0.717, 1.165) is 5.76 Å². The molecule has 0 aliphatic carbocycles. The molecule has 0 radical (unpaired) electrons. The van der Waals surface area contributed by atoms with Crippen LogP contribution in [-0.4, -0.2) is 13.1 Å². The molecule has 1 heterocycles. The lowest BCUT2D eigenvalue weighted by Gasteiger charge is -2.00. The van der Waals surface area contributed by atoms with Gasteiger partial charge in [-0.2, -0.15) is 0 Å². The van der Waals surface area contributed by atoms with Gasteiger partial charge >= 0.3 is 5.97 Å². The van der Waals surface area contributed by atoms with Crippen molar-refractivity contribution in [1.29, 1.82) is 0 Å². The minimum Gasteiger partial charge on any atom is -0.463 e. The van der Waals surface area contributed by atoms with E-state index in [1.807, 2.05) is 0 Å². The van der Waals surface area contributed by atoms with E-state index in [1.165, 1.54) is 17.6 Å².